The van der Waals surface area contributed by atoms with E-state index < -0.39 is 0 Å². The fourth-order valence-corrected chi connectivity index (χ4v) is 9.52. The van der Waals surface area contributed by atoms with Crippen molar-refractivity contribution in [2.75, 3.05) is 12.5 Å². The second-order valence-corrected chi connectivity index (χ2v) is 17.3. The number of rotatable bonds is 17. The molecule has 0 aliphatic heterocycles. The van der Waals surface area contributed by atoms with Crippen LogP contribution in [0.5, 0.6) is 0 Å². The second kappa shape index (κ2) is 18.1. The van der Waals surface area contributed by atoms with Crippen molar-refractivity contribution in [1.82, 2.24) is 29.1 Å². The summed E-state index contributed by atoms with van der Waals surface area (Å²) < 4.78 is 5.10. The van der Waals surface area contributed by atoms with Crippen molar-refractivity contribution in [1.29, 1.82) is 0 Å². The normalized spacial score (nSPS) is 13.0. The number of aromatic nitrogens is 6. The molecule has 6 nitrogen and oxygen atoms in total. The first kappa shape index (κ1) is 40.1. The van der Waals surface area contributed by atoms with Gasteiger partial charge >= 0.3 is 0 Å². The van der Waals surface area contributed by atoms with Crippen LogP contribution in [0.25, 0.3) is 77.5 Å². The van der Waals surface area contributed by atoms with E-state index in [0.29, 0.717) is 11.8 Å². The Kier molecular flexibility index (Phi) is 12.5. The van der Waals surface area contributed by atoms with Crippen LogP contribution in [-0.2, 0) is 13.1 Å². The van der Waals surface area contributed by atoms with Crippen molar-refractivity contribution in [2.24, 2.45) is 11.8 Å². The number of hydrogen-bond donors (Lipinski definition) is 0. The molecule has 8 rings (SSSR count). The van der Waals surface area contributed by atoms with E-state index in [-0.39, 0.29) is 0 Å². The molecule has 0 N–H and O–H groups in total. The maximum absolute atomic E-state index is 5.06. The third-order valence-corrected chi connectivity index (χ3v) is 13.2. The van der Waals surface area contributed by atoms with E-state index in [1.54, 1.807) is 23.5 Å². The average molecular weight is 805 g/mol. The molecule has 8 aromatic rings. The monoisotopic (exact) mass is 804 g/mol. The highest BCUT2D eigenvalue weighted by molar-refractivity contribution is 7.98. The van der Waals surface area contributed by atoms with E-state index >= 15 is 0 Å². The number of unbranched alkanes of at least 4 members (excludes halogenated alkanes) is 2. The van der Waals surface area contributed by atoms with Gasteiger partial charge in [0.15, 0.2) is 10.3 Å². The van der Waals surface area contributed by atoms with Gasteiger partial charge in [-0.15, -0.1) is 0 Å². The third-order valence-electron chi connectivity index (χ3n) is 12.1. The van der Waals surface area contributed by atoms with E-state index in [4.69, 9.17) is 19.9 Å². The number of nitrogens with zero attached hydrogens (tertiary/aromatic N) is 6. The zero-order valence-electron chi connectivity index (χ0n) is 35.0. The van der Waals surface area contributed by atoms with Gasteiger partial charge in [0.1, 0.15) is 0 Å². The van der Waals surface area contributed by atoms with E-state index in [2.05, 4.69) is 134 Å². The van der Waals surface area contributed by atoms with Crippen molar-refractivity contribution in [3.8, 4) is 33.9 Å². The number of fused-ring (bicyclic) bond motifs is 6. The van der Waals surface area contributed by atoms with Crippen LogP contribution in [0.4, 0.5) is 0 Å². The van der Waals surface area contributed by atoms with Crippen LogP contribution in [0.3, 0.4) is 0 Å². The van der Waals surface area contributed by atoms with E-state index in [0.717, 1.165) is 57.3 Å². The summed E-state index contributed by atoms with van der Waals surface area (Å²) in [5.74, 6) is 1.32. The lowest BCUT2D eigenvalue weighted by atomic mass is 9.99. The Bertz CT molecular complexity index is 2510. The predicted octanol–water partition coefficient (Wildman–Crippen LogP) is 14.4. The minimum Gasteiger partial charge on any atom is -0.340 e. The molecule has 58 heavy (non-hydrogen) atoms. The third kappa shape index (κ3) is 8.02. The summed E-state index contributed by atoms with van der Waals surface area (Å²) in [7, 11) is 0. The Morgan fingerprint density at radius 3 is 1.26 bits per heavy atom. The first-order valence-electron chi connectivity index (χ1n) is 21.4. The zero-order valence-corrected chi connectivity index (χ0v) is 36.6. The van der Waals surface area contributed by atoms with Crippen LogP contribution in [0, 0.1) is 11.8 Å². The van der Waals surface area contributed by atoms with Gasteiger partial charge < -0.3 is 9.13 Å². The Morgan fingerprint density at radius 2 is 0.862 bits per heavy atom. The minimum atomic E-state index is 0.660. The van der Waals surface area contributed by atoms with E-state index in [9.17, 15) is 0 Å². The second-order valence-electron chi connectivity index (χ2n) is 15.8. The fraction of sp³-hybridized carbons (Fsp3) is 0.360. The molecule has 0 fully saturated rings. The summed E-state index contributed by atoms with van der Waals surface area (Å²) in [5.41, 5.74) is 10.7. The van der Waals surface area contributed by atoms with Gasteiger partial charge in [-0.05, 0) is 85.7 Å². The molecule has 0 aliphatic carbocycles. The molecule has 2 unspecified atom stereocenters. The van der Waals surface area contributed by atoms with Crippen molar-refractivity contribution >= 4 is 67.1 Å². The smallest absolute Gasteiger partial charge is 0.188 e. The predicted molar refractivity (Wildman–Crippen MR) is 250 cm³/mol. The largest absolute Gasteiger partial charge is 0.340 e. The molecule has 4 aromatic heterocycles. The van der Waals surface area contributed by atoms with Gasteiger partial charge in [0.25, 0.3) is 0 Å². The molecule has 0 saturated heterocycles. The molecule has 0 radical (unpaired) electrons. The summed E-state index contributed by atoms with van der Waals surface area (Å²) in [6.45, 7) is 11.3. The first-order valence-corrected chi connectivity index (χ1v) is 23.8. The highest BCUT2D eigenvalue weighted by Crippen LogP contribution is 2.37. The molecule has 4 heterocycles. The van der Waals surface area contributed by atoms with E-state index in [1.165, 1.54) is 95.0 Å². The van der Waals surface area contributed by atoms with Gasteiger partial charge in [0.05, 0.1) is 22.8 Å². The van der Waals surface area contributed by atoms with Crippen LogP contribution in [0.1, 0.15) is 79.1 Å². The van der Waals surface area contributed by atoms with E-state index in [1.807, 2.05) is 12.5 Å². The molecule has 8 heteroatoms. The van der Waals surface area contributed by atoms with Crippen LogP contribution in [0.2, 0.25) is 0 Å². The lowest BCUT2D eigenvalue weighted by Crippen LogP contribution is -2.10. The lowest BCUT2D eigenvalue weighted by Gasteiger charge is -2.17. The van der Waals surface area contributed by atoms with Crippen molar-refractivity contribution in [3.63, 3.8) is 0 Å². The molecule has 0 bridgehead atoms. The Labute approximate surface area is 352 Å². The van der Waals surface area contributed by atoms with Gasteiger partial charge in [-0.25, -0.2) is 19.9 Å². The standard InChI is InChI=1S/C50H56N6S2/c1-7-11-17-33(9-3)31-55-45-21-15-13-19-37(45)39-27-35(23-25-47(39)55)41-29-43(53-49(51-41)57-5)44-30-42(52-50(54-44)58-6)36-24-26-48-40(28-36)38-20-14-16-22-46(38)56(48)32-34(10-4)18-12-8-2/h13-16,19-30,33-34H,7-12,17-18,31-32H2,1-6H3. The maximum atomic E-state index is 5.06. The Morgan fingerprint density at radius 1 is 0.466 bits per heavy atom. The molecular weight excluding hydrogens is 749 g/mol. The summed E-state index contributed by atoms with van der Waals surface area (Å²) in [4.78, 5) is 20.2. The van der Waals surface area contributed by atoms with Gasteiger partial charge in [-0.2, -0.15) is 0 Å². The molecule has 298 valence electrons. The molecule has 0 aliphatic rings. The number of para-hydroxylation sites is 2. The highest BCUT2D eigenvalue weighted by atomic mass is 32.2. The maximum Gasteiger partial charge on any atom is 0.188 e. The average Bonchev–Trinajstić information content (AvgIpc) is 3.76. The van der Waals surface area contributed by atoms with Gasteiger partial charge in [-0.1, -0.05) is 138 Å². The molecule has 4 aromatic carbocycles. The number of benzene rings is 4. The Hall–Kier alpha value is -4.66. The Balaban J connectivity index is 1.19. The van der Waals surface area contributed by atoms with Crippen molar-refractivity contribution in [3.05, 3.63) is 97.1 Å². The molecule has 2 atom stereocenters. The SMILES string of the molecule is CCCCC(CC)Cn1c2ccccc2c2cc(-c3cc(-c4cc(-c5ccc6c(c5)c5ccccc5n6CC(CC)CCCC)nc(SC)n4)nc(SC)n3)ccc21. The summed E-state index contributed by atoms with van der Waals surface area (Å²) >= 11 is 3.12. The molecule has 0 spiro atoms. The van der Waals surface area contributed by atoms with Crippen LogP contribution in [0.15, 0.2) is 107 Å². The minimum absolute atomic E-state index is 0.660. The van der Waals surface area contributed by atoms with Crippen LogP contribution in [-0.4, -0.2) is 41.6 Å². The van der Waals surface area contributed by atoms with Gasteiger partial charge in [0, 0.05) is 67.8 Å². The van der Waals surface area contributed by atoms with Gasteiger partial charge in [-0.3, -0.25) is 0 Å². The van der Waals surface area contributed by atoms with Crippen molar-refractivity contribution in [2.45, 2.75) is 102 Å². The summed E-state index contributed by atoms with van der Waals surface area (Å²) in [6, 6.07) is 35.7. The fourth-order valence-electron chi connectivity index (χ4n) is 8.76. The van der Waals surface area contributed by atoms with Crippen LogP contribution < -0.4 is 0 Å². The molecular formula is C50H56N6S2. The lowest BCUT2D eigenvalue weighted by molar-refractivity contribution is 0.401. The summed E-state index contributed by atoms with van der Waals surface area (Å²) in [6.07, 6.45) is 14.0. The molecule has 0 amide bonds. The number of thioether (sulfide) groups is 2. The van der Waals surface area contributed by atoms with Crippen molar-refractivity contribution < 1.29 is 0 Å². The first-order chi connectivity index (χ1) is 28.5. The van der Waals surface area contributed by atoms with Gasteiger partial charge in [0.2, 0.25) is 0 Å². The molecule has 0 saturated carbocycles. The van der Waals surface area contributed by atoms with Crippen LogP contribution >= 0.6 is 23.5 Å². The summed E-state index contributed by atoms with van der Waals surface area (Å²) in [5, 5.41) is 6.55. The zero-order chi connectivity index (χ0) is 40.2. The topological polar surface area (TPSA) is 61.4 Å². The highest BCUT2D eigenvalue weighted by Gasteiger charge is 2.19. The quantitative estimate of drug-likeness (QED) is 0.0675. The number of hydrogen-bond acceptors (Lipinski definition) is 6.